The smallest absolute Gasteiger partial charge is 0.231 e. The molecule has 4 aliphatic rings. The maximum absolute atomic E-state index is 12.4. The van der Waals surface area contributed by atoms with Crippen molar-refractivity contribution in [3.8, 4) is 0 Å². The summed E-state index contributed by atoms with van der Waals surface area (Å²) in [7, 11) is 5.75. The molecule has 4 rings (SSSR count). The van der Waals surface area contributed by atoms with Crippen molar-refractivity contribution in [3.05, 3.63) is 0 Å². The first-order chi connectivity index (χ1) is 10.8. The molecule has 0 radical (unpaired) electrons. The van der Waals surface area contributed by atoms with Crippen LogP contribution in [0.25, 0.3) is 0 Å². The Bertz CT molecular complexity index is 440. The zero-order chi connectivity index (χ0) is 16.6. The van der Waals surface area contributed by atoms with E-state index in [0.29, 0.717) is 6.54 Å². The zero-order valence-electron chi connectivity index (χ0n) is 14.8. The topological polar surface area (TPSA) is 52.7 Å². The van der Waals surface area contributed by atoms with Gasteiger partial charge in [0.2, 0.25) is 11.8 Å². The zero-order valence-corrected chi connectivity index (χ0v) is 14.8. The summed E-state index contributed by atoms with van der Waals surface area (Å²) >= 11 is 0. The second kappa shape index (κ2) is 6.42. The van der Waals surface area contributed by atoms with Crippen LogP contribution in [-0.4, -0.2) is 61.4 Å². The summed E-state index contributed by atoms with van der Waals surface area (Å²) in [5.41, 5.74) is 0.00826. The molecule has 4 aliphatic carbocycles. The lowest BCUT2D eigenvalue weighted by Crippen LogP contribution is -2.60. The molecule has 0 aromatic carbocycles. The van der Waals surface area contributed by atoms with Crippen molar-refractivity contribution in [3.63, 3.8) is 0 Å². The average molecular weight is 321 g/mol. The molecule has 23 heavy (non-hydrogen) atoms. The van der Waals surface area contributed by atoms with Crippen LogP contribution in [0, 0.1) is 17.8 Å². The van der Waals surface area contributed by atoms with E-state index in [2.05, 4.69) is 5.32 Å². The summed E-state index contributed by atoms with van der Waals surface area (Å²) in [6.45, 7) is 1.48. The van der Waals surface area contributed by atoms with Crippen molar-refractivity contribution in [2.24, 2.45) is 17.8 Å². The number of nitrogens with zero attached hydrogens (tertiary/aromatic N) is 2. The number of amides is 2. The van der Waals surface area contributed by atoms with Gasteiger partial charge in [-0.2, -0.15) is 0 Å². The van der Waals surface area contributed by atoms with E-state index in [-0.39, 0.29) is 23.8 Å². The van der Waals surface area contributed by atoms with Gasteiger partial charge < -0.3 is 15.1 Å². The van der Waals surface area contributed by atoms with E-state index in [9.17, 15) is 9.59 Å². The highest BCUT2D eigenvalue weighted by atomic mass is 16.2. The van der Waals surface area contributed by atoms with Crippen molar-refractivity contribution in [1.82, 2.24) is 15.1 Å². The van der Waals surface area contributed by atoms with Crippen LogP contribution in [0.4, 0.5) is 0 Å². The fourth-order valence-corrected chi connectivity index (χ4v) is 5.35. The van der Waals surface area contributed by atoms with Crippen molar-refractivity contribution >= 4 is 11.8 Å². The second-order valence-corrected chi connectivity index (χ2v) is 8.54. The molecule has 0 aliphatic heterocycles. The highest BCUT2D eigenvalue weighted by Crippen LogP contribution is 2.55. The van der Waals surface area contributed by atoms with Gasteiger partial charge in [-0.1, -0.05) is 0 Å². The van der Waals surface area contributed by atoms with Gasteiger partial charge in [-0.25, -0.2) is 0 Å². The van der Waals surface area contributed by atoms with Crippen molar-refractivity contribution in [1.29, 1.82) is 0 Å². The highest BCUT2D eigenvalue weighted by molar-refractivity contribution is 5.97. The maximum Gasteiger partial charge on any atom is 0.231 e. The van der Waals surface area contributed by atoms with Gasteiger partial charge in [-0.3, -0.25) is 9.59 Å². The molecule has 0 aromatic heterocycles. The van der Waals surface area contributed by atoms with Gasteiger partial charge in [0.25, 0.3) is 0 Å². The van der Waals surface area contributed by atoms with Gasteiger partial charge in [0.15, 0.2) is 0 Å². The summed E-state index contributed by atoms with van der Waals surface area (Å²) in [6, 6.07) is 0. The third kappa shape index (κ3) is 3.87. The summed E-state index contributed by atoms with van der Waals surface area (Å²) in [5.74, 6) is 2.27. The van der Waals surface area contributed by atoms with Crippen LogP contribution in [0.15, 0.2) is 0 Å². The number of carbonyl (C=O) groups excluding carboxylic acids is 2. The lowest BCUT2D eigenvalue weighted by molar-refractivity contribution is -0.137. The van der Waals surface area contributed by atoms with Crippen LogP contribution in [0.1, 0.15) is 44.9 Å². The minimum absolute atomic E-state index is 0.00826. The van der Waals surface area contributed by atoms with Crippen LogP contribution in [-0.2, 0) is 9.59 Å². The van der Waals surface area contributed by atoms with Gasteiger partial charge in [0.05, 0.1) is 0 Å². The third-order valence-corrected chi connectivity index (χ3v) is 6.06. The first-order valence-corrected chi connectivity index (χ1v) is 9.05. The number of hydrogen-bond donors (Lipinski definition) is 1. The fourth-order valence-electron chi connectivity index (χ4n) is 5.35. The predicted molar refractivity (Wildman–Crippen MR) is 89.9 cm³/mol. The van der Waals surface area contributed by atoms with E-state index < -0.39 is 0 Å². The van der Waals surface area contributed by atoms with Crippen LogP contribution in [0.3, 0.4) is 0 Å². The molecule has 130 valence electrons. The average Bonchev–Trinajstić information content (AvgIpc) is 2.42. The van der Waals surface area contributed by atoms with E-state index in [4.69, 9.17) is 0 Å². The van der Waals surface area contributed by atoms with Gasteiger partial charge in [-0.15, -0.1) is 0 Å². The molecular formula is C18H31N3O2. The molecule has 4 saturated carbocycles. The second-order valence-electron chi connectivity index (χ2n) is 8.54. The molecule has 2 amide bonds. The van der Waals surface area contributed by atoms with Crippen molar-refractivity contribution < 1.29 is 9.59 Å². The van der Waals surface area contributed by atoms with Crippen molar-refractivity contribution in [2.45, 2.75) is 50.5 Å². The molecule has 5 nitrogen and oxygen atoms in total. The highest BCUT2D eigenvalue weighted by Gasteiger charge is 2.51. The molecule has 0 saturated heterocycles. The Balaban J connectivity index is 1.50. The van der Waals surface area contributed by atoms with E-state index in [0.717, 1.165) is 43.6 Å². The van der Waals surface area contributed by atoms with Crippen LogP contribution < -0.4 is 5.32 Å². The van der Waals surface area contributed by atoms with E-state index in [1.807, 2.05) is 19.0 Å². The first kappa shape index (κ1) is 16.7. The van der Waals surface area contributed by atoms with Gasteiger partial charge in [-0.05, 0) is 70.4 Å². The molecular weight excluding hydrogens is 290 g/mol. The van der Waals surface area contributed by atoms with Gasteiger partial charge >= 0.3 is 0 Å². The van der Waals surface area contributed by atoms with Crippen molar-refractivity contribution in [2.75, 3.05) is 34.2 Å². The normalized spacial score (nSPS) is 34.7. The number of likely N-dealkylation sites (N-methyl/N-ethyl adjacent to an activating group) is 2. The molecule has 0 aromatic rings. The maximum atomic E-state index is 12.4. The first-order valence-electron chi connectivity index (χ1n) is 9.05. The molecule has 0 unspecified atom stereocenters. The number of rotatable bonds is 6. The molecule has 0 heterocycles. The summed E-state index contributed by atoms with van der Waals surface area (Å²) in [6.07, 6.45) is 7.48. The summed E-state index contributed by atoms with van der Waals surface area (Å²) < 4.78 is 0. The number of carbonyl (C=O) groups is 2. The molecule has 0 spiro atoms. The quantitative estimate of drug-likeness (QED) is 0.754. The van der Waals surface area contributed by atoms with E-state index >= 15 is 0 Å². The fraction of sp³-hybridized carbons (Fsp3) is 0.889. The molecule has 5 heteroatoms. The minimum atomic E-state index is -0.0753. The Morgan fingerprint density at radius 1 is 0.957 bits per heavy atom. The lowest BCUT2D eigenvalue weighted by Gasteiger charge is -2.56. The monoisotopic (exact) mass is 321 g/mol. The summed E-state index contributed by atoms with van der Waals surface area (Å²) in [5, 5.41) is 3.28. The van der Waals surface area contributed by atoms with Crippen LogP contribution in [0.5, 0.6) is 0 Å². The number of hydrogen-bond acceptors (Lipinski definition) is 3. The van der Waals surface area contributed by atoms with E-state index in [1.165, 1.54) is 19.3 Å². The largest absolute Gasteiger partial charge is 0.350 e. The number of nitrogens with one attached hydrogen (secondary N) is 1. The van der Waals surface area contributed by atoms with Crippen LogP contribution >= 0.6 is 0 Å². The minimum Gasteiger partial charge on any atom is -0.350 e. The standard InChI is InChI=1S/C18H31N3O2/c1-20(2)4-5-21(3)17(23)9-16(22)19-18-10-13-6-14(11-18)8-15(7-13)12-18/h13-15H,4-12H2,1-3H3,(H,19,22). The third-order valence-electron chi connectivity index (χ3n) is 6.06. The Morgan fingerprint density at radius 3 is 1.96 bits per heavy atom. The Labute approximate surface area is 139 Å². The van der Waals surface area contributed by atoms with Gasteiger partial charge in [0.1, 0.15) is 6.42 Å². The summed E-state index contributed by atoms with van der Waals surface area (Å²) in [4.78, 5) is 28.3. The Morgan fingerprint density at radius 2 is 1.48 bits per heavy atom. The lowest BCUT2D eigenvalue weighted by atomic mass is 9.53. The van der Waals surface area contributed by atoms with Gasteiger partial charge in [0, 0.05) is 25.7 Å². The molecule has 4 bridgehead atoms. The predicted octanol–water partition coefficient (Wildman–Crippen LogP) is 1.48. The Hall–Kier alpha value is -1.10. The van der Waals surface area contributed by atoms with E-state index in [1.54, 1.807) is 11.9 Å². The molecule has 4 fully saturated rings. The SMILES string of the molecule is CN(C)CCN(C)C(=O)CC(=O)NC12CC3CC(CC(C3)C1)C2. The Kier molecular flexibility index (Phi) is 4.68. The molecule has 0 atom stereocenters. The van der Waals surface area contributed by atoms with Crippen LogP contribution in [0.2, 0.25) is 0 Å². The molecule has 1 N–H and O–H groups in total.